The van der Waals surface area contributed by atoms with E-state index in [1.54, 1.807) is 0 Å². The molecule has 110 valence electrons. The van der Waals surface area contributed by atoms with E-state index < -0.39 is 0 Å². The van der Waals surface area contributed by atoms with Crippen LogP contribution in [0.15, 0.2) is 24.3 Å². The highest BCUT2D eigenvalue weighted by molar-refractivity contribution is 5.94. The van der Waals surface area contributed by atoms with Crippen LogP contribution in [0.5, 0.6) is 0 Å². The van der Waals surface area contributed by atoms with Crippen molar-refractivity contribution in [1.29, 1.82) is 0 Å². The minimum Gasteiger partial charge on any atom is -0.336 e. The first-order valence-corrected chi connectivity index (χ1v) is 7.10. The van der Waals surface area contributed by atoms with E-state index in [1.165, 1.54) is 19.4 Å². The van der Waals surface area contributed by atoms with Gasteiger partial charge in [0.25, 0.3) is 5.91 Å². The average molecular weight is 296 g/mol. The van der Waals surface area contributed by atoms with E-state index in [0.717, 1.165) is 30.8 Å². The number of carbonyl (C=O) groups excluding carboxylic acids is 1. The molecular formula is C15H22ClN3O. The summed E-state index contributed by atoms with van der Waals surface area (Å²) in [5.41, 5.74) is 7.42. The van der Waals surface area contributed by atoms with Gasteiger partial charge in [-0.25, -0.2) is 0 Å². The zero-order valence-corrected chi connectivity index (χ0v) is 12.4. The molecule has 20 heavy (non-hydrogen) atoms. The SMILES string of the molecule is Cl.NCc1ccc(C(=O)N2CCN3CCCC3C2)cc1. The normalized spacial score (nSPS) is 22.2. The van der Waals surface area contributed by atoms with Gasteiger partial charge in [0.1, 0.15) is 0 Å². The molecule has 0 aliphatic carbocycles. The summed E-state index contributed by atoms with van der Waals surface area (Å²) < 4.78 is 0. The first kappa shape index (κ1) is 15.3. The zero-order chi connectivity index (χ0) is 13.2. The van der Waals surface area contributed by atoms with Gasteiger partial charge in [0.05, 0.1) is 0 Å². The highest BCUT2D eigenvalue weighted by Gasteiger charge is 2.32. The molecule has 1 atom stereocenters. The Morgan fingerprint density at radius 2 is 1.95 bits per heavy atom. The lowest BCUT2D eigenvalue weighted by atomic mass is 10.1. The number of nitrogens with zero attached hydrogens (tertiary/aromatic N) is 2. The lowest BCUT2D eigenvalue weighted by molar-refractivity contribution is 0.0571. The lowest BCUT2D eigenvalue weighted by Gasteiger charge is -2.37. The predicted molar refractivity (Wildman–Crippen MR) is 82.1 cm³/mol. The second-order valence-electron chi connectivity index (χ2n) is 5.48. The van der Waals surface area contributed by atoms with Crippen LogP contribution < -0.4 is 5.73 Å². The summed E-state index contributed by atoms with van der Waals surface area (Å²) in [6.07, 6.45) is 2.51. The molecular weight excluding hydrogens is 274 g/mol. The van der Waals surface area contributed by atoms with E-state index in [0.29, 0.717) is 12.6 Å². The standard InChI is InChI=1S/C15H21N3O.ClH/c16-10-12-3-5-13(6-4-12)15(19)18-9-8-17-7-1-2-14(17)11-18;/h3-6,14H,1-2,7-11,16H2;1H. The highest BCUT2D eigenvalue weighted by Crippen LogP contribution is 2.22. The Labute approximate surface area is 126 Å². The van der Waals surface area contributed by atoms with Gasteiger partial charge in [-0.1, -0.05) is 12.1 Å². The van der Waals surface area contributed by atoms with Gasteiger partial charge in [-0.15, -0.1) is 12.4 Å². The second-order valence-corrected chi connectivity index (χ2v) is 5.48. The molecule has 0 bridgehead atoms. The van der Waals surface area contributed by atoms with Crippen LogP contribution in [0.4, 0.5) is 0 Å². The molecule has 2 N–H and O–H groups in total. The number of nitrogens with two attached hydrogens (primary N) is 1. The third-order valence-corrected chi connectivity index (χ3v) is 4.31. The summed E-state index contributed by atoms with van der Waals surface area (Å²) in [4.78, 5) is 17.0. The molecule has 1 unspecified atom stereocenters. The Morgan fingerprint density at radius 1 is 1.20 bits per heavy atom. The Morgan fingerprint density at radius 3 is 2.65 bits per heavy atom. The molecule has 2 aliphatic rings. The molecule has 0 spiro atoms. The first-order valence-electron chi connectivity index (χ1n) is 7.10. The van der Waals surface area contributed by atoms with Crippen LogP contribution in [0.1, 0.15) is 28.8 Å². The van der Waals surface area contributed by atoms with Crippen LogP contribution in [0, 0.1) is 0 Å². The van der Waals surface area contributed by atoms with E-state index in [-0.39, 0.29) is 18.3 Å². The Balaban J connectivity index is 0.00000147. The molecule has 0 saturated carbocycles. The van der Waals surface area contributed by atoms with Crippen LogP contribution in [0.3, 0.4) is 0 Å². The maximum Gasteiger partial charge on any atom is 0.253 e. The number of hydrogen-bond acceptors (Lipinski definition) is 3. The largest absolute Gasteiger partial charge is 0.336 e. The number of benzene rings is 1. The van der Waals surface area contributed by atoms with Crippen molar-refractivity contribution in [3.8, 4) is 0 Å². The van der Waals surface area contributed by atoms with E-state index in [4.69, 9.17) is 5.73 Å². The summed E-state index contributed by atoms with van der Waals surface area (Å²) in [5, 5.41) is 0. The maximum atomic E-state index is 12.5. The Kier molecular flexibility index (Phi) is 5.02. The van der Waals surface area contributed by atoms with Gasteiger partial charge in [-0.3, -0.25) is 9.69 Å². The third-order valence-electron chi connectivity index (χ3n) is 4.31. The number of rotatable bonds is 2. The summed E-state index contributed by atoms with van der Waals surface area (Å²) in [7, 11) is 0. The number of piperazine rings is 1. The predicted octanol–water partition coefficient (Wildman–Crippen LogP) is 1.49. The second kappa shape index (κ2) is 6.57. The lowest BCUT2D eigenvalue weighted by Crippen LogP contribution is -2.52. The van der Waals surface area contributed by atoms with Crippen molar-refractivity contribution in [3.63, 3.8) is 0 Å². The first-order chi connectivity index (χ1) is 9.28. The summed E-state index contributed by atoms with van der Waals surface area (Å²) in [6.45, 7) is 4.50. The van der Waals surface area contributed by atoms with Gasteiger partial charge in [0.15, 0.2) is 0 Å². The van der Waals surface area contributed by atoms with Gasteiger partial charge in [0, 0.05) is 37.8 Å². The van der Waals surface area contributed by atoms with Crippen LogP contribution in [0.25, 0.3) is 0 Å². The molecule has 5 heteroatoms. The average Bonchev–Trinajstić information content (AvgIpc) is 2.94. The van der Waals surface area contributed by atoms with Crippen molar-refractivity contribution < 1.29 is 4.79 Å². The Hall–Kier alpha value is -1.10. The molecule has 2 saturated heterocycles. The van der Waals surface area contributed by atoms with E-state index in [9.17, 15) is 4.79 Å². The number of fused-ring (bicyclic) bond motifs is 1. The van der Waals surface area contributed by atoms with Crippen molar-refractivity contribution in [2.45, 2.75) is 25.4 Å². The molecule has 0 aromatic heterocycles. The van der Waals surface area contributed by atoms with Crippen LogP contribution in [0.2, 0.25) is 0 Å². The van der Waals surface area contributed by atoms with E-state index in [1.807, 2.05) is 29.2 Å². The molecule has 1 amide bonds. The minimum atomic E-state index is 0. The van der Waals surface area contributed by atoms with Crippen molar-refractivity contribution in [3.05, 3.63) is 35.4 Å². The van der Waals surface area contributed by atoms with Gasteiger partial charge in [-0.2, -0.15) is 0 Å². The van der Waals surface area contributed by atoms with Crippen molar-refractivity contribution in [1.82, 2.24) is 9.80 Å². The molecule has 1 aromatic rings. The number of halogens is 1. The monoisotopic (exact) mass is 295 g/mol. The van der Waals surface area contributed by atoms with Gasteiger partial charge in [0.2, 0.25) is 0 Å². The smallest absolute Gasteiger partial charge is 0.253 e. The van der Waals surface area contributed by atoms with Crippen LogP contribution >= 0.6 is 12.4 Å². The van der Waals surface area contributed by atoms with Gasteiger partial charge in [-0.05, 0) is 37.1 Å². The third kappa shape index (κ3) is 2.97. The fraction of sp³-hybridized carbons (Fsp3) is 0.533. The fourth-order valence-electron chi connectivity index (χ4n) is 3.14. The summed E-state index contributed by atoms with van der Waals surface area (Å²) in [5.74, 6) is 0.162. The number of carbonyl (C=O) groups is 1. The molecule has 4 nitrogen and oxygen atoms in total. The number of amides is 1. The Bertz CT molecular complexity index is 463. The quantitative estimate of drug-likeness (QED) is 0.899. The molecule has 0 radical (unpaired) electrons. The minimum absolute atomic E-state index is 0. The van der Waals surface area contributed by atoms with Gasteiger partial charge < -0.3 is 10.6 Å². The summed E-state index contributed by atoms with van der Waals surface area (Å²) >= 11 is 0. The van der Waals surface area contributed by atoms with E-state index >= 15 is 0 Å². The highest BCUT2D eigenvalue weighted by atomic mass is 35.5. The fourth-order valence-corrected chi connectivity index (χ4v) is 3.14. The molecule has 3 rings (SSSR count). The molecule has 1 aromatic carbocycles. The van der Waals surface area contributed by atoms with Crippen molar-refractivity contribution in [2.75, 3.05) is 26.2 Å². The van der Waals surface area contributed by atoms with Crippen LogP contribution in [-0.4, -0.2) is 47.9 Å². The van der Waals surface area contributed by atoms with Gasteiger partial charge >= 0.3 is 0 Å². The summed E-state index contributed by atoms with van der Waals surface area (Å²) in [6, 6.07) is 8.26. The number of hydrogen-bond donors (Lipinski definition) is 1. The van der Waals surface area contributed by atoms with Crippen molar-refractivity contribution >= 4 is 18.3 Å². The van der Waals surface area contributed by atoms with Crippen molar-refractivity contribution in [2.24, 2.45) is 5.73 Å². The zero-order valence-electron chi connectivity index (χ0n) is 11.6. The maximum absolute atomic E-state index is 12.5. The topological polar surface area (TPSA) is 49.6 Å². The van der Waals surface area contributed by atoms with Crippen LogP contribution in [-0.2, 0) is 6.54 Å². The molecule has 2 fully saturated rings. The van der Waals surface area contributed by atoms with E-state index in [2.05, 4.69) is 4.90 Å². The molecule has 2 heterocycles. The molecule has 2 aliphatic heterocycles.